The van der Waals surface area contributed by atoms with E-state index in [1.165, 1.54) is 0 Å². The molecule has 32 heavy (non-hydrogen) atoms. The third-order valence-corrected chi connectivity index (χ3v) is 5.93. The fourth-order valence-electron chi connectivity index (χ4n) is 3.95. The van der Waals surface area contributed by atoms with Crippen molar-refractivity contribution in [3.8, 4) is 17.3 Å². The largest absolute Gasteiger partial charge is 0.337 e. The van der Waals surface area contributed by atoms with Crippen molar-refractivity contribution in [2.75, 3.05) is 20.1 Å². The molecule has 1 aromatic carbocycles. The van der Waals surface area contributed by atoms with Gasteiger partial charge < -0.3 is 9.42 Å². The summed E-state index contributed by atoms with van der Waals surface area (Å²) in [6, 6.07) is 5.30. The fraction of sp³-hybridized carbons (Fsp3) is 0.478. The van der Waals surface area contributed by atoms with Crippen LogP contribution in [0.5, 0.6) is 0 Å². The van der Waals surface area contributed by atoms with Crippen molar-refractivity contribution >= 4 is 17.5 Å². The van der Waals surface area contributed by atoms with Gasteiger partial charge in [0, 0.05) is 12.1 Å². The van der Waals surface area contributed by atoms with Gasteiger partial charge in [0.05, 0.1) is 36.2 Å². The second-order valence-electron chi connectivity index (χ2n) is 8.23. The van der Waals surface area contributed by atoms with Gasteiger partial charge in [-0.3, -0.25) is 14.3 Å². The zero-order valence-electron chi connectivity index (χ0n) is 18.8. The lowest BCUT2D eigenvalue weighted by Crippen LogP contribution is -2.25. The van der Waals surface area contributed by atoms with Crippen molar-refractivity contribution in [2.45, 2.75) is 52.6 Å². The quantitative estimate of drug-likeness (QED) is 0.469. The van der Waals surface area contributed by atoms with E-state index >= 15 is 0 Å². The third-order valence-electron chi connectivity index (χ3n) is 5.69. The van der Waals surface area contributed by atoms with E-state index in [9.17, 15) is 4.79 Å². The lowest BCUT2D eigenvalue weighted by Gasteiger charge is -2.19. The van der Waals surface area contributed by atoms with Crippen molar-refractivity contribution in [1.82, 2.24) is 29.5 Å². The van der Waals surface area contributed by atoms with Crippen LogP contribution in [0.3, 0.4) is 0 Å². The number of carbonyl (C=O) groups excluding carboxylic acids is 1. The Labute approximate surface area is 193 Å². The second-order valence-corrected chi connectivity index (χ2v) is 8.66. The molecule has 2 aromatic heterocycles. The standard InChI is InChI=1S/C23H29ClN6O2/c1-4-6-10-29(11-7-5-2)15-20-26-21(27-32-20)22-25-13-17-14-28(3)23(31)18-12-16(24)8-9-19(18)30(17)22/h8-9,12-13H,4-7,10-11,14-15H2,1-3H3. The van der Waals surface area contributed by atoms with Crippen LogP contribution < -0.4 is 0 Å². The predicted octanol–water partition coefficient (Wildman–Crippen LogP) is 4.56. The molecule has 0 unspecified atom stereocenters. The number of hydrogen-bond donors (Lipinski definition) is 0. The molecular formula is C23H29ClN6O2. The molecule has 0 bridgehead atoms. The molecule has 3 heterocycles. The van der Waals surface area contributed by atoms with E-state index in [1.807, 2.05) is 10.6 Å². The maximum Gasteiger partial charge on any atom is 0.256 e. The molecule has 8 nitrogen and oxygen atoms in total. The van der Waals surface area contributed by atoms with Gasteiger partial charge in [0.1, 0.15) is 0 Å². The molecule has 0 spiro atoms. The number of unbranched alkanes of at least 4 members (excludes halogenated alkanes) is 2. The third kappa shape index (κ3) is 4.56. The number of fused-ring (bicyclic) bond motifs is 3. The average Bonchev–Trinajstić information content (AvgIpc) is 3.39. The zero-order chi connectivity index (χ0) is 22.7. The number of rotatable bonds is 9. The van der Waals surface area contributed by atoms with Crippen LogP contribution in [-0.2, 0) is 13.1 Å². The van der Waals surface area contributed by atoms with Crippen molar-refractivity contribution in [3.63, 3.8) is 0 Å². The van der Waals surface area contributed by atoms with Crippen molar-refractivity contribution in [1.29, 1.82) is 0 Å². The molecule has 0 fully saturated rings. The summed E-state index contributed by atoms with van der Waals surface area (Å²) in [4.78, 5) is 26.1. The first kappa shape index (κ1) is 22.5. The van der Waals surface area contributed by atoms with Gasteiger partial charge in [-0.05, 0) is 44.1 Å². The Morgan fingerprint density at radius 2 is 1.94 bits per heavy atom. The predicted molar refractivity (Wildman–Crippen MR) is 123 cm³/mol. The summed E-state index contributed by atoms with van der Waals surface area (Å²) in [5.74, 6) is 1.45. The minimum atomic E-state index is -0.0894. The molecule has 1 aliphatic rings. The molecule has 0 saturated carbocycles. The summed E-state index contributed by atoms with van der Waals surface area (Å²) in [6.45, 7) is 7.45. The van der Waals surface area contributed by atoms with E-state index < -0.39 is 0 Å². The Kier molecular flexibility index (Phi) is 6.91. The molecule has 0 aliphatic carbocycles. The molecule has 9 heteroatoms. The lowest BCUT2D eigenvalue weighted by atomic mass is 10.1. The number of imidazole rings is 1. The zero-order valence-corrected chi connectivity index (χ0v) is 19.6. The number of amides is 1. The van der Waals surface area contributed by atoms with Gasteiger partial charge in [-0.15, -0.1) is 0 Å². The van der Waals surface area contributed by atoms with E-state index in [0.717, 1.165) is 44.5 Å². The van der Waals surface area contributed by atoms with Gasteiger partial charge in [-0.1, -0.05) is 43.4 Å². The molecule has 1 aliphatic heterocycles. The topological polar surface area (TPSA) is 80.3 Å². The van der Waals surface area contributed by atoms with Crippen LogP contribution in [0.1, 0.15) is 61.5 Å². The second kappa shape index (κ2) is 9.83. The van der Waals surface area contributed by atoms with Crippen molar-refractivity contribution < 1.29 is 9.32 Å². The lowest BCUT2D eigenvalue weighted by molar-refractivity contribution is 0.0788. The molecule has 0 radical (unpaired) electrons. The molecule has 3 aromatic rings. The monoisotopic (exact) mass is 456 g/mol. The van der Waals surface area contributed by atoms with Crippen LogP contribution in [0.15, 0.2) is 28.9 Å². The maximum absolute atomic E-state index is 12.9. The smallest absolute Gasteiger partial charge is 0.256 e. The Morgan fingerprint density at radius 3 is 2.66 bits per heavy atom. The van der Waals surface area contributed by atoms with Crippen LogP contribution in [0, 0.1) is 0 Å². The van der Waals surface area contributed by atoms with Gasteiger partial charge in [0.2, 0.25) is 11.7 Å². The van der Waals surface area contributed by atoms with Gasteiger partial charge in [0.15, 0.2) is 5.82 Å². The number of halogens is 1. The highest BCUT2D eigenvalue weighted by molar-refractivity contribution is 6.31. The number of nitrogens with zero attached hydrogens (tertiary/aromatic N) is 6. The Hall–Kier alpha value is -2.71. The van der Waals surface area contributed by atoms with Crippen molar-refractivity contribution in [3.05, 3.63) is 46.6 Å². The maximum atomic E-state index is 12.9. The summed E-state index contributed by atoms with van der Waals surface area (Å²) in [6.07, 6.45) is 6.33. The minimum Gasteiger partial charge on any atom is -0.337 e. The average molecular weight is 457 g/mol. The Morgan fingerprint density at radius 1 is 1.19 bits per heavy atom. The van der Waals surface area contributed by atoms with Crippen LogP contribution in [0.4, 0.5) is 0 Å². The summed E-state index contributed by atoms with van der Waals surface area (Å²) in [7, 11) is 1.77. The Balaban J connectivity index is 1.66. The van der Waals surface area contributed by atoms with Crippen molar-refractivity contribution in [2.24, 2.45) is 0 Å². The van der Waals surface area contributed by atoms with E-state index in [-0.39, 0.29) is 5.91 Å². The molecule has 0 saturated heterocycles. The van der Waals surface area contributed by atoms with E-state index in [1.54, 1.807) is 30.3 Å². The summed E-state index contributed by atoms with van der Waals surface area (Å²) >= 11 is 6.18. The highest BCUT2D eigenvalue weighted by Crippen LogP contribution is 2.30. The van der Waals surface area contributed by atoms with Crippen LogP contribution >= 0.6 is 11.6 Å². The first-order valence-corrected chi connectivity index (χ1v) is 11.6. The van der Waals surface area contributed by atoms with Gasteiger partial charge in [-0.2, -0.15) is 4.98 Å². The molecular weight excluding hydrogens is 428 g/mol. The summed E-state index contributed by atoms with van der Waals surface area (Å²) < 4.78 is 7.52. The number of benzene rings is 1. The number of carbonyl (C=O) groups is 1. The normalized spacial score (nSPS) is 13.4. The molecule has 0 atom stereocenters. The minimum absolute atomic E-state index is 0.0894. The first-order valence-electron chi connectivity index (χ1n) is 11.2. The van der Waals surface area contributed by atoms with Gasteiger partial charge in [0.25, 0.3) is 5.91 Å². The first-order chi connectivity index (χ1) is 15.5. The number of hydrogen-bond acceptors (Lipinski definition) is 6. The van der Waals surface area contributed by atoms with Crippen LogP contribution in [-0.4, -0.2) is 55.5 Å². The van der Waals surface area contributed by atoms with Crippen LogP contribution in [0.2, 0.25) is 5.02 Å². The Bertz CT molecular complexity index is 1080. The van der Waals surface area contributed by atoms with Gasteiger partial charge in [-0.25, -0.2) is 4.98 Å². The van der Waals surface area contributed by atoms with E-state index in [4.69, 9.17) is 16.1 Å². The molecule has 4 rings (SSSR count). The van der Waals surface area contributed by atoms with E-state index in [0.29, 0.717) is 46.9 Å². The highest BCUT2D eigenvalue weighted by Gasteiger charge is 2.28. The molecule has 170 valence electrons. The fourth-order valence-corrected chi connectivity index (χ4v) is 4.13. The van der Waals surface area contributed by atoms with Crippen LogP contribution in [0.25, 0.3) is 17.3 Å². The SMILES string of the molecule is CCCCN(CCCC)Cc1nc(-c2ncc3n2-c2ccc(Cl)cc2C(=O)N(C)C3)no1. The molecule has 0 N–H and O–H groups in total. The van der Waals surface area contributed by atoms with Gasteiger partial charge >= 0.3 is 0 Å². The summed E-state index contributed by atoms with van der Waals surface area (Å²) in [5.41, 5.74) is 2.10. The highest BCUT2D eigenvalue weighted by atomic mass is 35.5. The van der Waals surface area contributed by atoms with E-state index in [2.05, 4.69) is 33.9 Å². The number of aromatic nitrogens is 4. The summed E-state index contributed by atoms with van der Waals surface area (Å²) in [5, 5.41) is 4.73. The molecule has 1 amide bonds.